The summed E-state index contributed by atoms with van der Waals surface area (Å²) in [6, 6.07) is 12.7. The molecular formula is C19H17ClN4O2. The van der Waals surface area contributed by atoms with Gasteiger partial charge in [0.15, 0.2) is 5.76 Å². The summed E-state index contributed by atoms with van der Waals surface area (Å²) in [6.45, 7) is 0.341. The van der Waals surface area contributed by atoms with Gasteiger partial charge in [-0.15, -0.1) is 0 Å². The molecule has 0 saturated heterocycles. The smallest absolute Gasteiger partial charge is 0.245 e. The van der Waals surface area contributed by atoms with Crippen LogP contribution in [0, 0.1) is 0 Å². The number of rotatable bonds is 4. The number of hydrogen-bond donors (Lipinski definition) is 1. The molecule has 2 aromatic heterocycles. The van der Waals surface area contributed by atoms with E-state index in [4.69, 9.17) is 16.1 Å². The van der Waals surface area contributed by atoms with E-state index >= 15 is 0 Å². The average molecular weight is 369 g/mol. The summed E-state index contributed by atoms with van der Waals surface area (Å²) in [4.78, 5) is 18.6. The van der Waals surface area contributed by atoms with E-state index in [1.807, 2.05) is 42.5 Å². The number of anilines is 1. The number of carbonyl (C=O) groups is 1. The predicted molar refractivity (Wildman–Crippen MR) is 98.8 cm³/mol. The molecule has 3 aromatic rings. The molecule has 1 aliphatic heterocycles. The Labute approximate surface area is 155 Å². The first-order valence-electron chi connectivity index (χ1n) is 8.27. The van der Waals surface area contributed by atoms with E-state index in [2.05, 4.69) is 15.5 Å². The number of carbonyl (C=O) groups excluding carboxylic acids is 1. The predicted octanol–water partition coefficient (Wildman–Crippen LogP) is 3.39. The maximum Gasteiger partial charge on any atom is 0.245 e. The fraction of sp³-hybridized carbons (Fsp3) is 0.211. The molecule has 0 fully saturated rings. The zero-order valence-corrected chi connectivity index (χ0v) is 14.9. The van der Waals surface area contributed by atoms with Crippen molar-refractivity contribution < 1.29 is 9.32 Å². The van der Waals surface area contributed by atoms with Crippen molar-refractivity contribution in [2.24, 2.45) is 0 Å². The number of pyridine rings is 1. The number of halogens is 1. The summed E-state index contributed by atoms with van der Waals surface area (Å²) >= 11 is 6.03. The second-order valence-corrected chi connectivity index (χ2v) is 6.73. The highest BCUT2D eigenvalue weighted by Gasteiger charge is 2.29. The molecule has 7 heteroatoms. The standard InChI is InChI=1S/C19H17ClN4O2/c1-24(11-14-10-17(23-26-14)16-4-2-3-7-21-16)19(25)18-9-12-8-13(20)5-6-15(12)22-18/h2-8,10,18,22H,9,11H2,1H3. The summed E-state index contributed by atoms with van der Waals surface area (Å²) in [5.74, 6) is 0.605. The average Bonchev–Trinajstić information content (AvgIpc) is 3.28. The zero-order valence-electron chi connectivity index (χ0n) is 14.1. The van der Waals surface area contributed by atoms with Crippen LogP contribution in [-0.4, -0.2) is 34.0 Å². The van der Waals surface area contributed by atoms with Crippen molar-refractivity contribution in [1.82, 2.24) is 15.0 Å². The lowest BCUT2D eigenvalue weighted by atomic mass is 10.1. The van der Waals surface area contributed by atoms with Crippen LogP contribution in [0.4, 0.5) is 5.69 Å². The van der Waals surface area contributed by atoms with E-state index in [0.29, 0.717) is 29.4 Å². The Morgan fingerprint density at radius 3 is 3.00 bits per heavy atom. The first-order valence-corrected chi connectivity index (χ1v) is 8.65. The van der Waals surface area contributed by atoms with Crippen LogP contribution >= 0.6 is 11.6 Å². The molecule has 0 aliphatic carbocycles. The molecule has 1 unspecified atom stereocenters. The molecule has 0 saturated carbocycles. The summed E-state index contributed by atoms with van der Waals surface area (Å²) in [7, 11) is 1.75. The van der Waals surface area contributed by atoms with Gasteiger partial charge in [-0.3, -0.25) is 9.78 Å². The van der Waals surface area contributed by atoms with Crippen LogP contribution in [0.15, 0.2) is 53.2 Å². The van der Waals surface area contributed by atoms with Gasteiger partial charge in [0.1, 0.15) is 11.7 Å². The van der Waals surface area contributed by atoms with Gasteiger partial charge in [-0.05, 0) is 35.9 Å². The number of aromatic nitrogens is 2. The summed E-state index contributed by atoms with van der Waals surface area (Å²) in [5.41, 5.74) is 3.41. The summed E-state index contributed by atoms with van der Waals surface area (Å²) < 4.78 is 5.36. The van der Waals surface area contributed by atoms with E-state index in [1.165, 1.54) is 0 Å². The maximum absolute atomic E-state index is 12.7. The molecule has 1 N–H and O–H groups in total. The number of nitrogens with one attached hydrogen (secondary N) is 1. The number of hydrogen-bond acceptors (Lipinski definition) is 5. The molecule has 6 nitrogen and oxygen atoms in total. The highest BCUT2D eigenvalue weighted by atomic mass is 35.5. The van der Waals surface area contributed by atoms with Crippen LogP contribution in [0.1, 0.15) is 11.3 Å². The van der Waals surface area contributed by atoms with Crippen molar-refractivity contribution in [1.29, 1.82) is 0 Å². The minimum Gasteiger partial charge on any atom is -0.373 e. The van der Waals surface area contributed by atoms with E-state index in [-0.39, 0.29) is 11.9 Å². The van der Waals surface area contributed by atoms with Crippen molar-refractivity contribution in [3.8, 4) is 11.4 Å². The third kappa shape index (κ3) is 3.28. The van der Waals surface area contributed by atoms with Crippen LogP contribution in [0.25, 0.3) is 11.4 Å². The zero-order chi connectivity index (χ0) is 18.1. The number of nitrogens with zero attached hydrogens (tertiary/aromatic N) is 3. The number of fused-ring (bicyclic) bond motifs is 1. The van der Waals surface area contributed by atoms with Gasteiger partial charge in [-0.1, -0.05) is 22.8 Å². The second kappa shape index (κ2) is 6.80. The van der Waals surface area contributed by atoms with Gasteiger partial charge >= 0.3 is 0 Å². The molecule has 1 atom stereocenters. The van der Waals surface area contributed by atoms with Crippen LogP contribution < -0.4 is 5.32 Å². The van der Waals surface area contributed by atoms with Crippen molar-refractivity contribution in [2.45, 2.75) is 19.0 Å². The highest BCUT2D eigenvalue weighted by molar-refractivity contribution is 6.30. The van der Waals surface area contributed by atoms with Gasteiger partial charge in [0.05, 0.1) is 12.2 Å². The first-order chi connectivity index (χ1) is 12.6. The Hall–Kier alpha value is -2.86. The van der Waals surface area contributed by atoms with Crippen molar-refractivity contribution in [3.05, 3.63) is 65.0 Å². The summed E-state index contributed by atoms with van der Waals surface area (Å²) in [5, 5.41) is 7.96. The van der Waals surface area contributed by atoms with E-state index < -0.39 is 0 Å². The topological polar surface area (TPSA) is 71.3 Å². The molecule has 26 heavy (non-hydrogen) atoms. The number of amides is 1. The molecular weight excluding hydrogens is 352 g/mol. The SMILES string of the molecule is CN(Cc1cc(-c2ccccn2)no1)C(=O)C1Cc2cc(Cl)ccc2N1. The highest BCUT2D eigenvalue weighted by Crippen LogP contribution is 2.29. The van der Waals surface area contributed by atoms with Gasteiger partial charge in [-0.2, -0.15) is 0 Å². The number of benzene rings is 1. The van der Waals surface area contributed by atoms with Crippen LogP contribution in [0.5, 0.6) is 0 Å². The molecule has 1 aromatic carbocycles. The fourth-order valence-corrected chi connectivity index (χ4v) is 3.27. The molecule has 0 bridgehead atoms. The van der Waals surface area contributed by atoms with Crippen molar-refractivity contribution in [3.63, 3.8) is 0 Å². The lowest BCUT2D eigenvalue weighted by Crippen LogP contribution is -2.39. The maximum atomic E-state index is 12.7. The van der Waals surface area contributed by atoms with Crippen LogP contribution in [0.2, 0.25) is 5.02 Å². The Kier molecular flexibility index (Phi) is 4.34. The Bertz CT molecular complexity index is 942. The summed E-state index contributed by atoms with van der Waals surface area (Å²) in [6.07, 6.45) is 2.32. The van der Waals surface area contributed by atoms with E-state index in [9.17, 15) is 4.79 Å². The van der Waals surface area contributed by atoms with Crippen molar-refractivity contribution in [2.75, 3.05) is 12.4 Å². The van der Waals surface area contributed by atoms with Gasteiger partial charge in [0.2, 0.25) is 5.91 Å². The van der Waals surface area contributed by atoms with Crippen LogP contribution in [0.3, 0.4) is 0 Å². The molecule has 0 radical (unpaired) electrons. The third-order valence-corrected chi connectivity index (χ3v) is 4.61. The Morgan fingerprint density at radius 2 is 2.19 bits per heavy atom. The minimum absolute atomic E-state index is 0.00638. The molecule has 3 heterocycles. The van der Waals surface area contributed by atoms with Gasteiger partial charge in [0, 0.05) is 36.4 Å². The molecule has 4 rings (SSSR count). The lowest BCUT2D eigenvalue weighted by molar-refractivity contribution is -0.131. The largest absolute Gasteiger partial charge is 0.373 e. The van der Waals surface area contributed by atoms with E-state index in [1.54, 1.807) is 18.1 Å². The van der Waals surface area contributed by atoms with Gasteiger partial charge in [0.25, 0.3) is 0 Å². The molecule has 132 valence electrons. The van der Waals surface area contributed by atoms with Gasteiger partial charge in [-0.25, -0.2) is 0 Å². The molecule has 1 amide bonds. The van der Waals surface area contributed by atoms with Gasteiger partial charge < -0.3 is 14.7 Å². The normalized spacial score (nSPS) is 15.4. The van der Waals surface area contributed by atoms with E-state index in [0.717, 1.165) is 16.9 Å². The first kappa shape index (κ1) is 16.6. The molecule has 0 spiro atoms. The second-order valence-electron chi connectivity index (χ2n) is 6.29. The van der Waals surface area contributed by atoms with Crippen molar-refractivity contribution >= 4 is 23.2 Å². The lowest BCUT2D eigenvalue weighted by Gasteiger charge is -2.20. The fourth-order valence-electron chi connectivity index (χ4n) is 3.08. The number of likely N-dealkylation sites (N-methyl/N-ethyl adjacent to an activating group) is 1. The minimum atomic E-state index is -0.299. The third-order valence-electron chi connectivity index (χ3n) is 4.37. The molecule has 1 aliphatic rings. The monoisotopic (exact) mass is 368 g/mol. The quantitative estimate of drug-likeness (QED) is 0.764. The Balaban J connectivity index is 1.42. The Morgan fingerprint density at radius 1 is 1.31 bits per heavy atom. The van der Waals surface area contributed by atoms with Crippen LogP contribution in [-0.2, 0) is 17.8 Å².